The highest BCUT2D eigenvalue weighted by Gasteiger charge is 2.21. The van der Waals surface area contributed by atoms with Gasteiger partial charge in [0, 0.05) is 14.1 Å². The fourth-order valence-corrected chi connectivity index (χ4v) is 3.80. The second-order valence-electron chi connectivity index (χ2n) is 7.01. The lowest BCUT2D eigenvalue weighted by atomic mass is 10.1. The summed E-state index contributed by atoms with van der Waals surface area (Å²) in [5, 5.41) is 2.70. The Kier molecular flexibility index (Phi) is 7.12. The van der Waals surface area contributed by atoms with Crippen molar-refractivity contribution < 1.29 is 27.1 Å². The summed E-state index contributed by atoms with van der Waals surface area (Å²) in [7, 11) is 0.568. The number of rotatable bonds is 8. The molecule has 0 aliphatic carbocycles. The minimum Gasteiger partial charge on any atom is -0.495 e. The molecule has 9 heteroatoms. The van der Waals surface area contributed by atoms with Gasteiger partial charge in [-0.1, -0.05) is 24.3 Å². The number of methoxy groups -OCH3 is 1. The molecule has 0 spiro atoms. The lowest BCUT2D eigenvalue weighted by Crippen LogP contribution is -2.22. The van der Waals surface area contributed by atoms with Crippen molar-refractivity contribution in [3.05, 3.63) is 83.7 Å². The van der Waals surface area contributed by atoms with Crippen molar-refractivity contribution in [3.63, 3.8) is 0 Å². The van der Waals surface area contributed by atoms with Gasteiger partial charge in [-0.3, -0.25) is 4.79 Å². The van der Waals surface area contributed by atoms with E-state index in [0.29, 0.717) is 11.5 Å². The molecule has 7 nitrogen and oxygen atoms in total. The molecular formula is C23H23FN2O5S. The first-order valence-corrected chi connectivity index (χ1v) is 11.0. The van der Waals surface area contributed by atoms with E-state index in [4.69, 9.17) is 9.47 Å². The predicted molar refractivity (Wildman–Crippen MR) is 119 cm³/mol. The molecule has 0 saturated carbocycles. The first-order chi connectivity index (χ1) is 15.2. The summed E-state index contributed by atoms with van der Waals surface area (Å²) in [5.74, 6) is -0.218. The summed E-state index contributed by atoms with van der Waals surface area (Å²) in [5.41, 5.74) is 1.19. The lowest BCUT2D eigenvalue weighted by Gasteiger charge is -2.16. The summed E-state index contributed by atoms with van der Waals surface area (Å²) < 4.78 is 50.1. The Hall–Kier alpha value is -3.43. The van der Waals surface area contributed by atoms with Gasteiger partial charge in [-0.25, -0.2) is 17.1 Å². The fourth-order valence-electron chi connectivity index (χ4n) is 2.87. The molecule has 0 bridgehead atoms. The molecule has 1 N–H and O–H groups in total. The van der Waals surface area contributed by atoms with E-state index in [-0.39, 0.29) is 28.6 Å². The molecule has 0 atom stereocenters. The third kappa shape index (κ3) is 5.24. The molecule has 0 aliphatic heterocycles. The van der Waals surface area contributed by atoms with E-state index in [2.05, 4.69) is 5.32 Å². The average Bonchev–Trinajstić information content (AvgIpc) is 2.78. The summed E-state index contributed by atoms with van der Waals surface area (Å²) in [4.78, 5) is 13.0. The highest BCUT2D eigenvalue weighted by atomic mass is 32.2. The fraction of sp³-hybridized carbons (Fsp3) is 0.174. The first-order valence-electron chi connectivity index (χ1n) is 9.60. The van der Waals surface area contributed by atoms with Crippen LogP contribution in [-0.4, -0.2) is 39.8 Å². The number of carbonyl (C=O) groups excluding carboxylic acids is 1. The number of anilines is 1. The van der Waals surface area contributed by atoms with E-state index in [1.54, 1.807) is 36.4 Å². The number of amides is 1. The van der Waals surface area contributed by atoms with Gasteiger partial charge in [0.05, 0.1) is 23.3 Å². The molecule has 0 aliphatic rings. The van der Waals surface area contributed by atoms with Crippen LogP contribution in [0.1, 0.15) is 15.9 Å². The number of nitrogens with zero attached hydrogens (tertiary/aromatic N) is 1. The predicted octanol–water partition coefficient (Wildman–Crippen LogP) is 3.92. The molecule has 0 aromatic heterocycles. The summed E-state index contributed by atoms with van der Waals surface area (Å²) in [6, 6.07) is 16.7. The average molecular weight is 459 g/mol. The number of ether oxygens (including phenoxy) is 2. The Labute approximate surface area is 186 Å². The van der Waals surface area contributed by atoms with Gasteiger partial charge in [0.2, 0.25) is 10.0 Å². The second-order valence-corrected chi connectivity index (χ2v) is 9.17. The molecule has 0 fully saturated rings. The third-order valence-electron chi connectivity index (χ3n) is 4.64. The van der Waals surface area contributed by atoms with Crippen LogP contribution in [0.3, 0.4) is 0 Å². The number of carbonyl (C=O) groups is 1. The maximum atomic E-state index is 13.1. The van der Waals surface area contributed by atoms with Gasteiger partial charge in [0.1, 0.15) is 23.9 Å². The number of sulfonamides is 1. The Morgan fingerprint density at radius 1 is 1.00 bits per heavy atom. The molecule has 1 amide bonds. The molecule has 0 radical (unpaired) electrons. The SMILES string of the molecule is COc1ccc(S(=O)(=O)N(C)C)cc1NC(=O)c1ccccc1OCc1ccc(F)cc1. The van der Waals surface area contributed by atoms with E-state index in [1.165, 1.54) is 51.5 Å². The Morgan fingerprint density at radius 3 is 2.34 bits per heavy atom. The topological polar surface area (TPSA) is 84.9 Å². The molecule has 3 rings (SSSR count). The molecule has 0 unspecified atom stereocenters. The van der Waals surface area contributed by atoms with Crippen LogP contribution in [0.2, 0.25) is 0 Å². The number of benzene rings is 3. The zero-order chi connectivity index (χ0) is 23.3. The van der Waals surface area contributed by atoms with Gasteiger partial charge in [-0.05, 0) is 48.0 Å². The molecular weight excluding hydrogens is 435 g/mol. The van der Waals surface area contributed by atoms with Crippen LogP contribution in [0.15, 0.2) is 71.6 Å². The highest BCUT2D eigenvalue weighted by molar-refractivity contribution is 7.89. The molecule has 168 valence electrons. The molecule has 32 heavy (non-hydrogen) atoms. The number of hydrogen-bond acceptors (Lipinski definition) is 5. The molecule has 0 heterocycles. The van der Waals surface area contributed by atoms with E-state index in [1.807, 2.05) is 0 Å². The number of hydrogen-bond donors (Lipinski definition) is 1. The summed E-state index contributed by atoms with van der Waals surface area (Å²) in [6.07, 6.45) is 0. The van der Waals surface area contributed by atoms with Gasteiger partial charge in [0.25, 0.3) is 5.91 Å². The summed E-state index contributed by atoms with van der Waals surface area (Å²) in [6.45, 7) is 0.143. The standard InChI is InChI=1S/C23H23FN2O5S/c1-26(2)32(28,29)18-12-13-22(30-3)20(14-18)25-23(27)19-6-4-5-7-21(19)31-15-16-8-10-17(24)11-9-16/h4-14H,15H2,1-3H3,(H,25,27). The van der Waals surface area contributed by atoms with Crippen molar-refractivity contribution in [2.75, 3.05) is 26.5 Å². The molecule has 0 saturated heterocycles. The van der Waals surface area contributed by atoms with Crippen LogP contribution >= 0.6 is 0 Å². The Bertz CT molecular complexity index is 1210. The smallest absolute Gasteiger partial charge is 0.259 e. The third-order valence-corrected chi connectivity index (χ3v) is 6.45. The van der Waals surface area contributed by atoms with Crippen LogP contribution in [0.5, 0.6) is 11.5 Å². The first kappa shape index (κ1) is 23.2. The van der Waals surface area contributed by atoms with Gasteiger partial charge < -0.3 is 14.8 Å². The van der Waals surface area contributed by atoms with Crippen LogP contribution in [0.4, 0.5) is 10.1 Å². The maximum absolute atomic E-state index is 13.1. The van der Waals surface area contributed by atoms with Crippen molar-refractivity contribution in [1.82, 2.24) is 4.31 Å². The zero-order valence-electron chi connectivity index (χ0n) is 17.8. The van der Waals surface area contributed by atoms with E-state index in [0.717, 1.165) is 9.87 Å². The van der Waals surface area contributed by atoms with Crippen molar-refractivity contribution >= 4 is 21.6 Å². The number of nitrogens with one attached hydrogen (secondary N) is 1. The normalized spacial score (nSPS) is 11.3. The van der Waals surface area contributed by atoms with Crippen molar-refractivity contribution in [2.24, 2.45) is 0 Å². The molecule has 3 aromatic rings. The Balaban J connectivity index is 1.85. The van der Waals surface area contributed by atoms with Gasteiger partial charge >= 0.3 is 0 Å². The van der Waals surface area contributed by atoms with Crippen LogP contribution in [-0.2, 0) is 16.6 Å². The lowest BCUT2D eigenvalue weighted by molar-refractivity contribution is 0.102. The quantitative estimate of drug-likeness (QED) is 0.553. The van der Waals surface area contributed by atoms with Gasteiger partial charge in [-0.15, -0.1) is 0 Å². The summed E-state index contributed by atoms with van der Waals surface area (Å²) >= 11 is 0. The van der Waals surface area contributed by atoms with Crippen molar-refractivity contribution in [1.29, 1.82) is 0 Å². The van der Waals surface area contributed by atoms with Crippen LogP contribution in [0, 0.1) is 5.82 Å². The van der Waals surface area contributed by atoms with E-state index in [9.17, 15) is 17.6 Å². The highest BCUT2D eigenvalue weighted by Crippen LogP contribution is 2.30. The van der Waals surface area contributed by atoms with E-state index >= 15 is 0 Å². The minimum atomic E-state index is -3.70. The minimum absolute atomic E-state index is 0.0134. The monoisotopic (exact) mass is 458 g/mol. The maximum Gasteiger partial charge on any atom is 0.259 e. The van der Waals surface area contributed by atoms with Gasteiger partial charge in [-0.2, -0.15) is 0 Å². The van der Waals surface area contributed by atoms with Crippen LogP contribution < -0.4 is 14.8 Å². The largest absolute Gasteiger partial charge is 0.495 e. The molecule has 3 aromatic carbocycles. The Morgan fingerprint density at radius 2 is 1.69 bits per heavy atom. The second kappa shape index (κ2) is 9.80. The number of para-hydroxylation sites is 1. The van der Waals surface area contributed by atoms with Crippen molar-refractivity contribution in [3.8, 4) is 11.5 Å². The number of halogens is 1. The van der Waals surface area contributed by atoms with Crippen molar-refractivity contribution in [2.45, 2.75) is 11.5 Å². The van der Waals surface area contributed by atoms with Crippen LogP contribution in [0.25, 0.3) is 0 Å². The van der Waals surface area contributed by atoms with E-state index < -0.39 is 15.9 Å². The zero-order valence-corrected chi connectivity index (χ0v) is 18.6. The van der Waals surface area contributed by atoms with Gasteiger partial charge in [0.15, 0.2) is 0 Å².